The third-order valence-corrected chi connectivity index (χ3v) is 4.53. The van der Waals surface area contributed by atoms with Gasteiger partial charge in [0.1, 0.15) is 19.8 Å². The summed E-state index contributed by atoms with van der Waals surface area (Å²) in [5.41, 5.74) is -2.79. The third-order valence-electron chi connectivity index (χ3n) is 4.53. The van der Waals surface area contributed by atoms with Crippen molar-refractivity contribution in [1.82, 2.24) is 0 Å². The Labute approximate surface area is 199 Å². The molecule has 0 aromatic heterocycles. The van der Waals surface area contributed by atoms with Gasteiger partial charge in [0, 0.05) is 0 Å². The van der Waals surface area contributed by atoms with E-state index in [4.69, 9.17) is 9.47 Å². The fourth-order valence-electron chi connectivity index (χ4n) is 2.68. The van der Waals surface area contributed by atoms with Crippen molar-refractivity contribution in [2.24, 2.45) is 5.16 Å². The fourth-order valence-corrected chi connectivity index (χ4v) is 2.68. The van der Waals surface area contributed by atoms with Crippen LogP contribution >= 0.6 is 0 Å². The molecule has 0 saturated heterocycles. The Morgan fingerprint density at radius 1 is 0.889 bits per heavy atom. The number of benzene rings is 2. The Morgan fingerprint density at radius 3 is 1.75 bits per heavy atom. The van der Waals surface area contributed by atoms with Crippen LogP contribution < -0.4 is 0 Å². The van der Waals surface area contributed by atoms with Crippen LogP contribution in [0.3, 0.4) is 0 Å². The van der Waals surface area contributed by atoms with Crippen molar-refractivity contribution < 1.29 is 59.7 Å². The smallest absolute Gasteiger partial charge is 0.416 e. The van der Waals surface area contributed by atoms with Gasteiger partial charge in [0.25, 0.3) is 0 Å². The van der Waals surface area contributed by atoms with E-state index in [1.54, 1.807) is 0 Å². The minimum Gasteiger partial charge on any atom is -0.459 e. The Bertz CT molecular complexity index is 1050. The van der Waals surface area contributed by atoms with Crippen LogP contribution in [0.1, 0.15) is 31.8 Å². The number of nitrogens with zero attached hydrogens (tertiary/aromatic N) is 1. The molecule has 196 valence electrons. The molecule has 0 aliphatic rings. The largest absolute Gasteiger partial charge is 0.459 e. The van der Waals surface area contributed by atoms with Crippen molar-refractivity contribution in [3.8, 4) is 0 Å². The summed E-state index contributed by atoms with van der Waals surface area (Å²) in [6, 6.07) is 5.62. The molecular weight excluding hydrogens is 507 g/mol. The molecule has 0 amide bonds. The molecule has 0 saturated carbocycles. The quantitative estimate of drug-likeness (QED) is 0.225. The van der Waals surface area contributed by atoms with E-state index in [-0.39, 0.29) is 5.56 Å². The SMILES string of the molecule is CO/N=C\[C@@H](F)[C@H](OC(=O)c1ccc(C(F)(F)F)cc1)[C@H](O)COC(=O)c1ccc(C(F)(F)F)cc1. The molecule has 14 heteroatoms. The molecule has 0 aliphatic heterocycles. The van der Waals surface area contributed by atoms with Crippen LogP contribution in [-0.4, -0.2) is 55.4 Å². The van der Waals surface area contributed by atoms with Crippen LogP contribution in [0.2, 0.25) is 0 Å². The molecule has 1 N–H and O–H groups in total. The van der Waals surface area contributed by atoms with Gasteiger partial charge in [0.05, 0.1) is 28.5 Å². The molecule has 36 heavy (non-hydrogen) atoms. The molecule has 0 bridgehead atoms. The molecule has 0 radical (unpaired) electrons. The molecule has 3 atom stereocenters. The fraction of sp³-hybridized carbons (Fsp3) is 0.318. The van der Waals surface area contributed by atoms with E-state index >= 15 is 0 Å². The second-order valence-corrected chi connectivity index (χ2v) is 7.07. The van der Waals surface area contributed by atoms with Gasteiger partial charge in [-0.05, 0) is 48.5 Å². The summed E-state index contributed by atoms with van der Waals surface area (Å²) in [6.07, 6.45) is -15.2. The third kappa shape index (κ3) is 7.93. The van der Waals surface area contributed by atoms with E-state index in [1.165, 1.54) is 0 Å². The highest BCUT2D eigenvalue weighted by Gasteiger charge is 2.34. The van der Waals surface area contributed by atoms with Gasteiger partial charge in [-0.25, -0.2) is 14.0 Å². The standard InChI is InChI=1S/C22H18F7NO6/c1-34-30-10-16(23)18(36-20(33)13-4-8-15(9-5-13)22(27,28)29)17(31)11-35-19(32)12-2-6-14(7-3-12)21(24,25)26/h2-10,16-18,31H,11H2,1H3/b30-10-/t16-,17-,18+/m1/s1. The first-order chi connectivity index (χ1) is 16.7. The second kappa shape index (κ2) is 11.8. The Kier molecular flexibility index (Phi) is 9.39. The van der Waals surface area contributed by atoms with Crippen LogP contribution in [0.5, 0.6) is 0 Å². The number of aliphatic hydroxyl groups excluding tert-OH is 1. The zero-order valence-electron chi connectivity index (χ0n) is 18.2. The number of hydrogen-bond donors (Lipinski definition) is 1. The van der Waals surface area contributed by atoms with E-state index in [1.807, 2.05) is 0 Å². The summed E-state index contributed by atoms with van der Waals surface area (Å²) in [5.74, 6) is -2.48. The minimum atomic E-state index is -4.67. The zero-order valence-corrected chi connectivity index (χ0v) is 18.2. The number of aliphatic hydroxyl groups is 1. The number of hydrogen-bond acceptors (Lipinski definition) is 7. The molecule has 0 fully saturated rings. The van der Waals surface area contributed by atoms with E-state index in [0.717, 1.165) is 31.4 Å². The lowest BCUT2D eigenvalue weighted by Crippen LogP contribution is -2.43. The molecule has 2 rings (SSSR count). The van der Waals surface area contributed by atoms with Crippen molar-refractivity contribution in [2.45, 2.75) is 30.7 Å². The summed E-state index contributed by atoms with van der Waals surface area (Å²) in [7, 11) is 1.06. The predicted molar refractivity (Wildman–Crippen MR) is 109 cm³/mol. The van der Waals surface area contributed by atoms with Gasteiger partial charge in [-0.2, -0.15) is 26.3 Å². The minimum absolute atomic E-state index is 0.314. The first-order valence-corrected chi connectivity index (χ1v) is 9.85. The highest BCUT2D eigenvalue weighted by Crippen LogP contribution is 2.30. The lowest BCUT2D eigenvalue weighted by Gasteiger charge is -2.24. The first-order valence-electron chi connectivity index (χ1n) is 9.85. The van der Waals surface area contributed by atoms with Crippen molar-refractivity contribution in [1.29, 1.82) is 0 Å². The maximum absolute atomic E-state index is 14.5. The number of esters is 2. The highest BCUT2D eigenvalue weighted by atomic mass is 19.4. The van der Waals surface area contributed by atoms with Gasteiger partial charge in [-0.3, -0.25) is 0 Å². The van der Waals surface area contributed by atoms with Crippen molar-refractivity contribution in [3.63, 3.8) is 0 Å². The second-order valence-electron chi connectivity index (χ2n) is 7.07. The van der Waals surface area contributed by atoms with Gasteiger partial charge in [0.15, 0.2) is 12.3 Å². The van der Waals surface area contributed by atoms with Crippen molar-refractivity contribution in [3.05, 3.63) is 70.8 Å². The molecule has 0 spiro atoms. The molecular formula is C22H18F7NO6. The first kappa shape index (κ1) is 28.6. The number of rotatable bonds is 9. The topological polar surface area (TPSA) is 94.4 Å². The Morgan fingerprint density at radius 2 is 1.33 bits per heavy atom. The molecule has 2 aromatic rings. The molecule has 0 heterocycles. The Balaban J connectivity index is 2.11. The maximum atomic E-state index is 14.5. The zero-order chi connectivity index (χ0) is 27.1. The normalized spacial score (nSPS) is 14.7. The predicted octanol–water partition coefficient (Wildman–Crippen LogP) is 4.44. The average molecular weight is 525 g/mol. The lowest BCUT2D eigenvalue weighted by molar-refractivity contribution is -0.138. The number of oxime groups is 1. The number of carbonyl (C=O) groups excluding carboxylic acids is 2. The van der Waals surface area contributed by atoms with E-state index in [9.17, 15) is 45.4 Å². The summed E-state index contributed by atoms with van der Waals surface area (Å²) in [4.78, 5) is 28.7. The summed E-state index contributed by atoms with van der Waals surface area (Å²) in [5, 5.41) is 13.4. The number of ether oxygens (including phenoxy) is 2. The van der Waals surface area contributed by atoms with Gasteiger partial charge in [-0.1, -0.05) is 5.16 Å². The molecule has 2 aromatic carbocycles. The lowest BCUT2D eigenvalue weighted by atomic mass is 10.1. The van der Waals surface area contributed by atoms with Crippen LogP contribution in [0.15, 0.2) is 53.7 Å². The maximum Gasteiger partial charge on any atom is 0.416 e. The van der Waals surface area contributed by atoms with Gasteiger partial charge >= 0.3 is 24.3 Å². The van der Waals surface area contributed by atoms with Crippen LogP contribution in [0, 0.1) is 0 Å². The van der Waals surface area contributed by atoms with Crippen LogP contribution in [-0.2, 0) is 26.7 Å². The van der Waals surface area contributed by atoms with E-state index in [2.05, 4.69) is 9.99 Å². The van der Waals surface area contributed by atoms with E-state index < -0.39 is 66.0 Å². The molecule has 0 aliphatic carbocycles. The highest BCUT2D eigenvalue weighted by molar-refractivity contribution is 5.90. The van der Waals surface area contributed by atoms with Crippen molar-refractivity contribution >= 4 is 18.2 Å². The van der Waals surface area contributed by atoms with Gasteiger partial charge in [-0.15, -0.1) is 0 Å². The Hall–Kier alpha value is -3.68. The van der Waals surface area contributed by atoms with Crippen molar-refractivity contribution in [2.75, 3.05) is 13.7 Å². The molecule has 0 unspecified atom stereocenters. The van der Waals surface area contributed by atoms with Crippen LogP contribution in [0.25, 0.3) is 0 Å². The summed E-state index contributed by atoms with van der Waals surface area (Å²) >= 11 is 0. The summed E-state index contributed by atoms with van der Waals surface area (Å²) < 4.78 is 100. The monoisotopic (exact) mass is 525 g/mol. The van der Waals surface area contributed by atoms with Crippen LogP contribution in [0.4, 0.5) is 30.7 Å². The summed E-state index contributed by atoms with van der Waals surface area (Å²) in [6.45, 7) is -0.966. The molecule has 7 nitrogen and oxygen atoms in total. The van der Waals surface area contributed by atoms with Gasteiger partial charge < -0.3 is 19.4 Å². The number of halogens is 7. The number of alkyl halides is 7. The number of carbonyl (C=O) groups is 2. The average Bonchev–Trinajstić information content (AvgIpc) is 2.83. The van der Waals surface area contributed by atoms with Gasteiger partial charge in [0.2, 0.25) is 0 Å². The van der Waals surface area contributed by atoms with E-state index in [0.29, 0.717) is 30.5 Å².